The number of hydrazone groups is 1. The quantitative estimate of drug-likeness (QED) is 0.352. The van der Waals surface area contributed by atoms with E-state index in [1.807, 2.05) is 73.8 Å². The number of carbonyl (C=O) groups excluding carboxylic acids is 1. The minimum Gasteiger partial charge on any atom is -0.342 e. The van der Waals surface area contributed by atoms with Crippen LogP contribution in [0.4, 0.5) is 0 Å². The highest BCUT2D eigenvalue weighted by molar-refractivity contribution is 6.31. The number of amides is 1. The van der Waals surface area contributed by atoms with Crippen LogP contribution in [0.3, 0.4) is 0 Å². The first kappa shape index (κ1) is 19.0. The van der Waals surface area contributed by atoms with Crippen molar-refractivity contribution in [3.8, 4) is 0 Å². The predicted octanol–water partition coefficient (Wildman–Crippen LogP) is 5.42. The molecule has 0 saturated carbocycles. The van der Waals surface area contributed by atoms with Crippen molar-refractivity contribution in [1.82, 2.24) is 9.99 Å². The van der Waals surface area contributed by atoms with Gasteiger partial charge in [-0.2, -0.15) is 5.10 Å². The fourth-order valence-electron chi connectivity index (χ4n) is 3.33. The first-order chi connectivity index (χ1) is 14.1. The van der Waals surface area contributed by atoms with Gasteiger partial charge in [-0.05, 0) is 36.8 Å². The second-order valence-corrected chi connectivity index (χ2v) is 7.30. The van der Waals surface area contributed by atoms with Gasteiger partial charge in [-0.15, -0.1) is 0 Å². The molecule has 3 aromatic carbocycles. The summed E-state index contributed by atoms with van der Waals surface area (Å²) in [7, 11) is 0. The molecule has 0 fully saturated rings. The Hall–Kier alpha value is -3.37. The van der Waals surface area contributed by atoms with Crippen LogP contribution in [0.25, 0.3) is 10.9 Å². The molecule has 0 atom stereocenters. The number of hydrogen-bond acceptors (Lipinski definition) is 2. The van der Waals surface area contributed by atoms with E-state index in [9.17, 15) is 4.79 Å². The molecule has 0 saturated heterocycles. The molecule has 0 bridgehead atoms. The Morgan fingerprint density at radius 1 is 1.07 bits per heavy atom. The van der Waals surface area contributed by atoms with Crippen molar-refractivity contribution in [3.63, 3.8) is 0 Å². The molecule has 4 nitrogen and oxygen atoms in total. The van der Waals surface area contributed by atoms with Gasteiger partial charge in [-0.25, -0.2) is 5.43 Å². The lowest BCUT2D eigenvalue weighted by Gasteiger charge is -2.07. The topological polar surface area (TPSA) is 46.4 Å². The third kappa shape index (κ3) is 4.23. The van der Waals surface area contributed by atoms with Crippen LogP contribution in [0.1, 0.15) is 27.0 Å². The maximum Gasteiger partial charge on any atom is 0.271 e. The number of fused-ring (bicyclic) bond motifs is 1. The Labute approximate surface area is 174 Å². The molecule has 144 valence electrons. The van der Waals surface area contributed by atoms with Crippen LogP contribution in [0.2, 0.25) is 5.02 Å². The van der Waals surface area contributed by atoms with Gasteiger partial charge in [0.15, 0.2) is 0 Å². The van der Waals surface area contributed by atoms with E-state index in [-0.39, 0.29) is 5.91 Å². The molecular weight excluding hydrogens is 382 g/mol. The second-order valence-electron chi connectivity index (χ2n) is 6.89. The molecule has 5 heteroatoms. The zero-order valence-corrected chi connectivity index (χ0v) is 16.7. The number of benzene rings is 3. The summed E-state index contributed by atoms with van der Waals surface area (Å²) in [6, 6.07) is 23.3. The highest BCUT2D eigenvalue weighted by Crippen LogP contribution is 2.23. The molecule has 4 rings (SSSR count). The van der Waals surface area contributed by atoms with Gasteiger partial charge < -0.3 is 4.57 Å². The zero-order chi connectivity index (χ0) is 20.2. The molecule has 1 N–H and O–H groups in total. The van der Waals surface area contributed by atoms with Crippen LogP contribution in [-0.4, -0.2) is 16.7 Å². The molecule has 0 unspecified atom stereocenters. The monoisotopic (exact) mass is 401 g/mol. The third-order valence-corrected chi connectivity index (χ3v) is 5.14. The molecular formula is C24H20ClN3O. The van der Waals surface area contributed by atoms with E-state index < -0.39 is 0 Å². The van der Waals surface area contributed by atoms with E-state index in [1.54, 1.807) is 12.3 Å². The minimum atomic E-state index is -0.232. The average Bonchev–Trinajstić information content (AvgIpc) is 3.07. The van der Waals surface area contributed by atoms with Crippen molar-refractivity contribution >= 4 is 34.6 Å². The number of halogens is 1. The fraction of sp³-hybridized carbons (Fsp3) is 0.0833. The third-order valence-electron chi connectivity index (χ3n) is 4.77. The van der Waals surface area contributed by atoms with Crippen molar-refractivity contribution in [2.45, 2.75) is 13.5 Å². The molecule has 1 aromatic heterocycles. The number of para-hydroxylation sites is 1. The zero-order valence-electron chi connectivity index (χ0n) is 16.0. The van der Waals surface area contributed by atoms with Crippen molar-refractivity contribution in [2.24, 2.45) is 5.10 Å². The Bertz CT molecular complexity index is 1210. The average molecular weight is 402 g/mol. The highest BCUT2D eigenvalue weighted by atomic mass is 35.5. The van der Waals surface area contributed by atoms with Gasteiger partial charge >= 0.3 is 0 Å². The second kappa shape index (κ2) is 8.33. The Kier molecular flexibility index (Phi) is 5.45. The fourth-order valence-corrected chi connectivity index (χ4v) is 3.53. The molecule has 29 heavy (non-hydrogen) atoms. The van der Waals surface area contributed by atoms with Gasteiger partial charge in [0, 0.05) is 39.8 Å². The van der Waals surface area contributed by atoms with E-state index in [0.717, 1.165) is 32.6 Å². The first-order valence-electron chi connectivity index (χ1n) is 9.33. The van der Waals surface area contributed by atoms with Crippen molar-refractivity contribution in [2.75, 3.05) is 0 Å². The number of carbonyl (C=O) groups is 1. The van der Waals surface area contributed by atoms with Crippen molar-refractivity contribution in [3.05, 3.63) is 106 Å². The number of rotatable bonds is 5. The largest absolute Gasteiger partial charge is 0.342 e. The van der Waals surface area contributed by atoms with Gasteiger partial charge in [-0.1, -0.05) is 65.7 Å². The Morgan fingerprint density at radius 2 is 1.86 bits per heavy atom. The summed E-state index contributed by atoms with van der Waals surface area (Å²) < 4.78 is 2.14. The van der Waals surface area contributed by atoms with Crippen LogP contribution < -0.4 is 5.43 Å². The van der Waals surface area contributed by atoms with E-state index in [4.69, 9.17) is 11.6 Å². The number of nitrogens with one attached hydrogen (secondary N) is 1. The molecule has 0 aliphatic carbocycles. The molecule has 4 aromatic rings. The molecule has 1 amide bonds. The Balaban J connectivity index is 1.58. The summed E-state index contributed by atoms with van der Waals surface area (Å²) >= 11 is 6.33. The number of aromatic nitrogens is 1. The summed E-state index contributed by atoms with van der Waals surface area (Å²) in [6.07, 6.45) is 3.70. The minimum absolute atomic E-state index is 0.232. The number of hydrogen-bond donors (Lipinski definition) is 1. The summed E-state index contributed by atoms with van der Waals surface area (Å²) in [5.41, 5.74) is 7.28. The summed E-state index contributed by atoms with van der Waals surface area (Å²) in [5.74, 6) is -0.232. The van der Waals surface area contributed by atoms with Crippen molar-refractivity contribution in [1.29, 1.82) is 0 Å². The van der Waals surface area contributed by atoms with Crippen molar-refractivity contribution < 1.29 is 4.79 Å². The molecule has 0 aliphatic rings. The summed E-state index contributed by atoms with van der Waals surface area (Å²) in [4.78, 5) is 12.3. The molecule has 0 aliphatic heterocycles. The smallest absolute Gasteiger partial charge is 0.271 e. The molecule has 0 spiro atoms. The number of aryl methyl sites for hydroxylation is 1. The van der Waals surface area contributed by atoms with Crippen LogP contribution >= 0.6 is 11.6 Å². The lowest BCUT2D eigenvalue weighted by atomic mass is 10.1. The first-order valence-corrected chi connectivity index (χ1v) is 9.71. The van der Waals surface area contributed by atoms with E-state index in [2.05, 4.69) is 21.2 Å². The SMILES string of the molecule is Cc1cccc(C(=O)N/N=C/c2cn(Cc3ccccc3Cl)c3ccccc23)c1. The normalized spacial score (nSPS) is 11.2. The maximum atomic E-state index is 12.3. The van der Waals surface area contributed by atoms with Gasteiger partial charge in [0.1, 0.15) is 0 Å². The number of nitrogens with zero attached hydrogens (tertiary/aromatic N) is 2. The van der Waals surface area contributed by atoms with Crippen LogP contribution in [0, 0.1) is 6.92 Å². The van der Waals surface area contributed by atoms with Gasteiger partial charge in [0.05, 0.1) is 6.21 Å². The van der Waals surface area contributed by atoms with Crippen LogP contribution in [0.5, 0.6) is 0 Å². The van der Waals surface area contributed by atoms with E-state index in [0.29, 0.717) is 12.1 Å². The molecule has 0 radical (unpaired) electrons. The van der Waals surface area contributed by atoms with E-state index in [1.165, 1.54) is 0 Å². The van der Waals surface area contributed by atoms with Gasteiger partial charge in [-0.3, -0.25) is 4.79 Å². The standard InChI is InChI=1S/C24H20ClN3O/c1-17-7-6-9-18(13-17)24(29)27-26-14-20-16-28(23-12-5-3-10-21(20)23)15-19-8-2-4-11-22(19)25/h2-14,16H,15H2,1H3,(H,27,29)/b26-14+. The molecule has 1 heterocycles. The lowest BCUT2D eigenvalue weighted by Crippen LogP contribution is -2.17. The summed E-state index contributed by atoms with van der Waals surface area (Å²) in [5, 5.41) is 5.98. The lowest BCUT2D eigenvalue weighted by molar-refractivity contribution is 0.0955. The van der Waals surface area contributed by atoms with E-state index >= 15 is 0 Å². The van der Waals surface area contributed by atoms with Crippen LogP contribution in [0.15, 0.2) is 84.1 Å². The highest BCUT2D eigenvalue weighted by Gasteiger charge is 2.09. The maximum absolute atomic E-state index is 12.3. The van der Waals surface area contributed by atoms with Gasteiger partial charge in [0.2, 0.25) is 0 Å². The predicted molar refractivity (Wildman–Crippen MR) is 119 cm³/mol. The van der Waals surface area contributed by atoms with Crippen LogP contribution in [-0.2, 0) is 6.54 Å². The Morgan fingerprint density at radius 3 is 2.69 bits per heavy atom. The van der Waals surface area contributed by atoms with Gasteiger partial charge in [0.25, 0.3) is 5.91 Å². The summed E-state index contributed by atoms with van der Waals surface area (Å²) in [6.45, 7) is 2.61.